The SMILES string of the molecule is NC(=NCc1ncn(-c2ccccc2)n1)Nc1cccc2c1CCCC2. The van der Waals surface area contributed by atoms with E-state index in [2.05, 4.69) is 38.6 Å². The summed E-state index contributed by atoms with van der Waals surface area (Å²) in [4.78, 5) is 8.69. The van der Waals surface area contributed by atoms with Crippen molar-refractivity contribution < 1.29 is 0 Å². The van der Waals surface area contributed by atoms with Crippen LogP contribution in [-0.2, 0) is 19.4 Å². The van der Waals surface area contributed by atoms with E-state index in [9.17, 15) is 0 Å². The molecule has 0 radical (unpaired) electrons. The average Bonchev–Trinajstić information content (AvgIpc) is 3.17. The van der Waals surface area contributed by atoms with Crippen LogP contribution < -0.4 is 11.1 Å². The molecule has 4 rings (SSSR count). The highest BCUT2D eigenvalue weighted by Crippen LogP contribution is 2.27. The van der Waals surface area contributed by atoms with Crippen molar-refractivity contribution in [1.29, 1.82) is 0 Å². The zero-order chi connectivity index (χ0) is 17.8. The molecule has 3 aromatic rings. The van der Waals surface area contributed by atoms with Crippen molar-refractivity contribution in [1.82, 2.24) is 14.8 Å². The predicted octanol–water partition coefficient (Wildman–Crippen LogP) is 3.07. The summed E-state index contributed by atoms with van der Waals surface area (Å²) in [6, 6.07) is 16.2. The van der Waals surface area contributed by atoms with Crippen LogP contribution in [0.5, 0.6) is 0 Å². The van der Waals surface area contributed by atoms with Crippen LogP contribution in [0.15, 0.2) is 59.9 Å². The van der Waals surface area contributed by atoms with Crippen LogP contribution in [0.3, 0.4) is 0 Å². The van der Waals surface area contributed by atoms with Crippen molar-refractivity contribution in [3.63, 3.8) is 0 Å². The van der Waals surface area contributed by atoms with Crippen LogP contribution in [-0.4, -0.2) is 20.7 Å². The molecule has 0 saturated carbocycles. The van der Waals surface area contributed by atoms with Crippen molar-refractivity contribution in [2.45, 2.75) is 32.2 Å². The number of nitrogens with two attached hydrogens (primary N) is 1. The van der Waals surface area contributed by atoms with Gasteiger partial charge in [-0.25, -0.2) is 14.7 Å². The van der Waals surface area contributed by atoms with Crippen LogP contribution in [0.2, 0.25) is 0 Å². The Morgan fingerprint density at radius 3 is 2.81 bits per heavy atom. The zero-order valence-corrected chi connectivity index (χ0v) is 14.6. The van der Waals surface area contributed by atoms with Crippen LogP contribution in [0, 0.1) is 0 Å². The van der Waals surface area contributed by atoms with Gasteiger partial charge in [-0.3, -0.25) is 0 Å². The van der Waals surface area contributed by atoms with E-state index in [4.69, 9.17) is 5.73 Å². The minimum atomic E-state index is 0.341. The lowest BCUT2D eigenvalue weighted by molar-refractivity contribution is 0.687. The lowest BCUT2D eigenvalue weighted by Crippen LogP contribution is -2.24. The van der Waals surface area contributed by atoms with E-state index in [1.54, 1.807) is 11.0 Å². The molecule has 132 valence electrons. The van der Waals surface area contributed by atoms with Crippen molar-refractivity contribution in [3.05, 3.63) is 71.8 Å². The molecule has 0 atom stereocenters. The molecule has 0 aliphatic heterocycles. The number of benzene rings is 2. The third-order valence-corrected chi connectivity index (χ3v) is 4.61. The number of fused-ring (bicyclic) bond motifs is 1. The maximum Gasteiger partial charge on any atom is 0.193 e. The standard InChI is InChI=1S/C20H22N6/c21-20(24-18-12-6-8-15-7-4-5-11-17(15)18)22-13-19-23-14-26(25-19)16-9-2-1-3-10-16/h1-3,6,8-10,12,14H,4-5,7,11,13H2,(H3,21,22,24). The summed E-state index contributed by atoms with van der Waals surface area (Å²) >= 11 is 0. The van der Waals surface area contributed by atoms with E-state index in [1.165, 1.54) is 24.0 Å². The second-order valence-electron chi connectivity index (χ2n) is 6.42. The second kappa shape index (κ2) is 7.39. The highest BCUT2D eigenvalue weighted by atomic mass is 15.3. The number of aryl methyl sites for hydroxylation is 1. The predicted molar refractivity (Wildman–Crippen MR) is 103 cm³/mol. The first kappa shape index (κ1) is 16.3. The van der Waals surface area contributed by atoms with E-state index in [0.717, 1.165) is 24.2 Å². The second-order valence-corrected chi connectivity index (χ2v) is 6.42. The minimum absolute atomic E-state index is 0.341. The van der Waals surface area contributed by atoms with Crippen LogP contribution in [0.1, 0.15) is 29.8 Å². The van der Waals surface area contributed by atoms with E-state index < -0.39 is 0 Å². The summed E-state index contributed by atoms with van der Waals surface area (Å²) in [7, 11) is 0. The summed E-state index contributed by atoms with van der Waals surface area (Å²) in [6.45, 7) is 0.341. The fraction of sp³-hybridized carbons (Fsp3) is 0.250. The molecular formula is C20H22N6. The molecule has 1 aliphatic rings. The maximum absolute atomic E-state index is 6.08. The molecular weight excluding hydrogens is 324 g/mol. The first-order valence-electron chi connectivity index (χ1n) is 8.93. The summed E-state index contributed by atoms with van der Waals surface area (Å²) < 4.78 is 1.74. The van der Waals surface area contributed by atoms with Gasteiger partial charge in [-0.2, -0.15) is 0 Å². The number of aliphatic imine (C=N–C) groups is 1. The molecule has 1 aromatic heterocycles. The molecule has 2 aromatic carbocycles. The molecule has 0 fully saturated rings. The fourth-order valence-electron chi connectivity index (χ4n) is 3.31. The van der Waals surface area contributed by atoms with E-state index in [-0.39, 0.29) is 0 Å². The Morgan fingerprint density at radius 2 is 1.92 bits per heavy atom. The third kappa shape index (κ3) is 3.59. The summed E-state index contributed by atoms with van der Waals surface area (Å²) in [5.41, 5.74) is 10.9. The Kier molecular flexibility index (Phi) is 4.64. The number of hydrogen-bond donors (Lipinski definition) is 2. The topological polar surface area (TPSA) is 81.1 Å². The lowest BCUT2D eigenvalue weighted by Gasteiger charge is -2.19. The number of hydrogen-bond acceptors (Lipinski definition) is 3. The smallest absolute Gasteiger partial charge is 0.193 e. The van der Waals surface area contributed by atoms with Crippen LogP contribution in [0.25, 0.3) is 5.69 Å². The van der Waals surface area contributed by atoms with E-state index in [0.29, 0.717) is 18.3 Å². The van der Waals surface area contributed by atoms with Gasteiger partial charge in [-0.15, -0.1) is 5.10 Å². The van der Waals surface area contributed by atoms with Gasteiger partial charge in [0.05, 0.1) is 5.69 Å². The van der Waals surface area contributed by atoms with Gasteiger partial charge in [0.1, 0.15) is 12.9 Å². The summed E-state index contributed by atoms with van der Waals surface area (Å²) in [5, 5.41) is 7.69. The first-order valence-corrected chi connectivity index (χ1v) is 8.93. The molecule has 0 saturated heterocycles. The van der Waals surface area contributed by atoms with Gasteiger partial charge in [-0.1, -0.05) is 30.3 Å². The third-order valence-electron chi connectivity index (χ3n) is 4.61. The molecule has 1 aliphatic carbocycles. The summed E-state index contributed by atoms with van der Waals surface area (Å²) in [6.07, 6.45) is 6.41. The number of guanidine groups is 1. The van der Waals surface area contributed by atoms with Gasteiger partial charge in [0, 0.05) is 5.69 Å². The van der Waals surface area contributed by atoms with Gasteiger partial charge in [0.25, 0.3) is 0 Å². The molecule has 1 heterocycles. The van der Waals surface area contributed by atoms with Gasteiger partial charge in [-0.05, 0) is 55.0 Å². The average molecular weight is 346 g/mol. The monoisotopic (exact) mass is 346 g/mol. The highest BCUT2D eigenvalue weighted by molar-refractivity contribution is 5.93. The highest BCUT2D eigenvalue weighted by Gasteiger charge is 2.13. The van der Waals surface area contributed by atoms with Crippen molar-refractivity contribution in [2.24, 2.45) is 10.7 Å². The Labute approximate surface area is 152 Å². The van der Waals surface area contributed by atoms with Crippen LogP contribution in [0.4, 0.5) is 5.69 Å². The molecule has 0 amide bonds. The quantitative estimate of drug-likeness (QED) is 0.562. The van der Waals surface area contributed by atoms with E-state index >= 15 is 0 Å². The molecule has 0 bridgehead atoms. The lowest BCUT2D eigenvalue weighted by atomic mass is 9.90. The molecule has 6 heteroatoms. The number of rotatable bonds is 4. The summed E-state index contributed by atoms with van der Waals surface area (Å²) in [5.74, 6) is 1.02. The van der Waals surface area contributed by atoms with E-state index in [1.807, 2.05) is 30.3 Å². The first-order chi connectivity index (χ1) is 12.8. The number of para-hydroxylation sites is 1. The normalized spacial score (nSPS) is 14.1. The van der Waals surface area contributed by atoms with Gasteiger partial charge >= 0.3 is 0 Å². The van der Waals surface area contributed by atoms with Gasteiger partial charge in [0.2, 0.25) is 0 Å². The molecule has 0 spiro atoms. The number of nitrogens with zero attached hydrogens (tertiary/aromatic N) is 4. The molecule has 0 unspecified atom stereocenters. The largest absolute Gasteiger partial charge is 0.370 e. The van der Waals surface area contributed by atoms with Crippen LogP contribution >= 0.6 is 0 Å². The Morgan fingerprint density at radius 1 is 1.08 bits per heavy atom. The Balaban J connectivity index is 1.44. The van der Waals surface area contributed by atoms with Gasteiger partial charge < -0.3 is 11.1 Å². The Bertz CT molecular complexity index is 913. The number of aromatic nitrogens is 3. The number of anilines is 1. The molecule has 3 N–H and O–H groups in total. The Hall–Kier alpha value is -3.15. The minimum Gasteiger partial charge on any atom is -0.370 e. The van der Waals surface area contributed by atoms with Crippen molar-refractivity contribution in [2.75, 3.05) is 5.32 Å². The van der Waals surface area contributed by atoms with Crippen molar-refractivity contribution >= 4 is 11.6 Å². The van der Waals surface area contributed by atoms with Crippen molar-refractivity contribution in [3.8, 4) is 5.69 Å². The number of nitrogens with one attached hydrogen (secondary N) is 1. The zero-order valence-electron chi connectivity index (χ0n) is 14.6. The molecule has 26 heavy (non-hydrogen) atoms. The van der Waals surface area contributed by atoms with Gasteiger partial charge in [0.15, 0.2) is 11.8 Å². The fourth-order valence-corrected chi connectivity index (χ4v) is 3.31. The molecule has 6 nitrogen and oxygen atoms in total. The maximum atomic E-state index is 6.08.